The highest BCUT2D eigenvalue weighted by Crippen LogP contribution is 2.22. The molecule has 0 bridgehead atoms. The SMILES string of the molecule is Cc1cc(N2CCN(C)C(C)C2)ccc1CCN. The van der Waals surface area contributed by atoms with Crippen molar-refractivity contribution in [3.05, 3.63) is 29.3 Å². The molecule has 1 heterocycles. The Kier molecular flexibility index (Phi) is 4.25. The molecule has 100 valence electrons. The molecule has 3 heteroatoms. The summed E-state index contributed by atoms with van der Waals surface area (Å²) in [5.74, 6) is 0. The summed E-state index contributed by atoms with van der Waals surface area (Å²) in [5.41, 5.74) is 9.73. The average molecular weight is 247 g/mol. The van der Waals surface area contributed by atoms with Crippen LogP contribution in [0.3, 0.4) is 0 Å². The maximum absolute atomic E-state index is 5.63. The Morgan fingerprint density at radius 1 is 1.33 bits per heavy atom. The van der Waals surface area contributed by atoms with Crippen LogP contribution in [-0.4, -0.2) is 44.2 Å². The first-order chi connectivity index (χ1) is 8.61. The van der Waals surface area contributed by atoms with Crippen molar-refractivity contribution in [3.63, 3.8) is 0 Å². The Bertz CT molecular complexity index is 403. The summed E-state index contributed by atoms with van der Waals surface area (Å²) in [6, 6.07) is 7.42. The Balaban J connectivity index is 2.12. The fourth-order valence-corrected chi connectivity index (χ4v) is 2.60. The lowest BCUT2D eigenvalue weighted by Gasteiger charge is -2.39. The fourth-order valence-electron chi connectivity index (χ4n) is 2.60. The third kappa shape index (κ3) is 2.85. The zero-order chi connectivity index (χ0) is 13.1. The first-order valence-electron chi connectivity index (χ1n) is 6.86. The van der Waals surface area contributed by atoms with Crippen LogP contribution in [0.5, 0.6) is 0 Å². The number of hydrogen-bond donors (Lipinski definition) is 1. The van der Waals surface area contributed by atoms with E-state index in [4.69, 9.17) is 5.73 Å². The lowest BCUT2D eigenvalue weighted by molar-refractivity contribution is 0.234. The van der Waals surface area contributed by atoms with Crippen molar-refractivity contribution in [2.24, 2.45) is 5.73 Å². The summed E-state index contributed by atoms with van der Waals surface area (Å²) in [6.45, 7) is 8.59. The van der Waals surface area contributed by atoms with Gasteiger partial charge in [-0.2, -0.15) is 0 Å². The predicted octanol–water partition coefficient (Wildman–Crippen LogP) is 1.64. The maximum atomic E-state index is 5.63. The van der Waals surface area contributed by atoms with Crippen LogP contribution in [0, 0.1) is 6.92 Å². The molecule has 0 saturated carbocycles. The summed E-state index contributed by atoms with van der Waals surface area (Å²) >= 11 is 0. The third-order valence-corrected chi connectivity index (χ3v) is 4.06. The molecule has 1 saturated heterocycles. The first kappa shape index (κ1) is 13.4. The molecule has 1 aliphatic heterocycles. The quantitative estimate of drug-likeness (QED) is 0.881. The van der Waals surface area contributed by atoms with Gasteiger partial charge in [-0.25, -0.2) is 0 Å². The molecule has 0 amide bonds. The number of benzene rings is 1. The Morgan fingerprint density at radius 3 is 2.72 bits per heavy atom. The van der Waals surface area contributed by atoms with E-state index in [1.807, 2.05) is 0 Å². The van der Waals surface area contributed by atoms with Crippen molar-refractivity contribution in [1.82, 2.24) is 4.90 Å². The van der Waals surface area contributed by atoms with Gasteiger partial charge >= 0.3 is 0 Å². The van der Waals surface area contributed by atoms with Crippen LogP contribution >= 0.6 is 0 Å². The highest BCUT2D eigenvalue weighted by atomic mass is 15.3. The normalized spacial score (nSPS) is 21.3. The minimum atomic E-state index is 0.628. The van der Waals surface area contributed by atoms with Gasteiger partial charge in [0.15, 0.2) is 0 Å². The molecule has 3 nitrogen and oxygen atoms in total. The van der Waals surface area contributed by atoms with Crippen molar-refractivity contribution in [2.45, 2.75) is 26.3 Å². The van der Waals surface area contributed by atoms with E-state index in [0.717, 1.165) is 32.6 Å². The molecule has 1 unspecified atom stereocenters. The van der Waals surface area contributed by atoms with Crippen LogP contribution in [0.2, 0.25) is 0 Å². The summed E-state index contributed by atoms with van der Waals surface area (Å²) < 4.78 is 0. The number of hydrogen-bond acceptors (Lipinski definition) is 3. The zero-order valence-corrected chi connectivity index (χ0v) is 11.8. The number of nitrogens with two attached hydrogens (primary N) is 1. The standard InChI is InChI=1S/C15H25N3/c1-12-10-15(5-4-14(12)6-7-16)18-9-8-17(3)13(2)11-18/h4-5,10,13H,6-9,11,16H2,1-3H3. The second-order valence-corrected chi connectivity index (χ2v) is 5.43. The van der Waals surface area contributed by atoms with Gasteiger partial charge in [-0.15, -0.1) is 0 Å². The number of anilines is 1. The van der Waals surface area contributed by atoms with Crippen LogP contribution < -0.4 is 10.6 Å². The van der Waals surface area contributed by atoms with Crippen molar-refractivity contribution >= 4 is 5.69 Å². The highest BCUT2D eigenvalue weighted by Gasteiger charge is 2.20. The van der Waals surface area contributed by atoms with Gasteiger partial charge in [0.25, 0.3) is 0 Å². The molecule has 2 N–H and O–H groups in total. The van der Waals surface area contributed by atoms with Crippen LogP contribution in [-0.2, 0) is 6.42 Å². The molecular weight excluding hydrogens is 222 g/mol. The van der Waals surface area contributed by atoms with E-state index in [2.05, 4.69) is 48.9 Å². The van der Waals surface area contributed by atoms with E-state index < -0.39 is 0 Å². The van der Waals surface area contributed by atoms with E-state index >= 15 is 0 Å². The molecule has 0 radical (unpaired) electrons. The summed E-state index contributed by atoms with van der Waals surface area (Å²) in [7, 11) is 2.21. The Hall–Kier alpha value is -1.06. The zero-order valence-electron chi connectivity index (χ0n) is 11.8. The molecule has 1 aromatic carbocycles. The lowest BCUT2D eigenvalue weighted by Crippen LogP contribution is -2.50. The topological polar surface area (TPSA) is 32.5 Å². The second-order valence-electron chi connectivity index (χ2n) is 5.43. The van der Waals surface area contributed by atoms with Gasteiger partial charge in [0.05, 0.1) is 0 Å². The molecule has 18 heavy (non-hydrogen) atoms. The molecule has 1 aliphatic rings. The molecule has 1 fully saturated rings. The molecule has 1 atom stereocenters. The van der Waals surface area contributed by atoms with Crippen LogP contribution in [0.25, 0.3) is 0 Å². The van der Waals surface area contributed by atoms with Crippen LogP contribution in [0.15, 0.2) is 18.2 Å². The van der Waals surface area contributed by atoms with Gasteiger partial charge in [-0.1, -0.05) is 6.07 Å². The third-order valence-electron chi connectivity index (χ3n) is 4.06. The monoisotopic (exact) mass is 247 g/mol. The number of aryl methyl sites for hydroxylation is 1. The maximum Gasteiger partial charge on any atom is 0.0370 e. The number of nitrogens with zero attached hydrogens (tertiary/aromatic N) is 2. The molecule has 2 rings (SSSR count). The van der Waals surface area contributed by atoms with Gasteiger partial charge in [0.1, 0.15) is 0 Å². The van der Waals surface area contributed by atoms with Crippen molar-refractivity contribution in [2.75, 3.05) is 38.1 Å². The molecule has 0 spiro atoms. The van der Waals surface area contributed by atoms with Crippen molar-refractivity contribution in [3.8, 4) is 0 Å². The van der Waals surface area contributed by atoms with E-state index in [-0.39, 0.29) is 0 Å². The summed E-state index contributed by atoms with van der Waals surface area (Å²) in [5, 5.41) is 0. The van der Waals surface area contributed by atoms with Gasteiger partial charge in [0, 0.05) is 31.4 Å². The molecular formula is C15H25N3. The van der Waals surface area contributed by atoms with Gasteiger partial charge in [0.2, 0.25) is 0 Å². The lowest BCUT2D eigenvalue weighted by atomic mass is 10.0. The van der Waals surface area contributed by atoms with Crippen molar-refractivity contribution in [1.29, 1.82) is 0 Å². The molecule has 0 aromatic heterocycles. The van der Waals surface area contributed by atoms with Crippen LogP contribution in [0.1, 0.15) is 18.1 Å². The second kappa shape index (κ2) is 5.72. The largest absolute Gasteiger partial charge is 0.369 e. The number of piperazine rings is 1. The predicted molar refractivity (Wildman–Crippen MR) is 78.2 cm³/mol. The van der Waals surface area contributed by atoms with Crippen molar-refractivity contribution < 1.29 is 0 Å². The Labute approximate surface area is 111 Å². The minimum absolute atomic E-state index is 0.628. The van der Waals surface area contributed by atoms with Gasteiger partial charge in [-0.05, 0) is 57.1 Å². The van der Waals surface area contributed by atoms with E-state index in [9.17, 15) is 0 Å². The summed E-state index contributed by atoms with van der Waals surface area (Å²) in [6.07, 6.45) is 0.977. The van der Waals surface area contributed by atoms with E-state index in [0.29, 0.717) is 6.04 Å². The fraction of sp³-hybridized carbons (Fsp3) is 0.600. The van der Waals surface area contributed by atoms with E-state index in [1.165, 1.54) is 16.8 Å². The van der Waals surface area contributed by atoms with Gasteiger partial charge in [-0.3, -0.25) is 0 Å². The van der Waals surface area contributed by atoms with E-state index in [1.54, 1.807) is 0 Å². The first-order valence-corrected chi connectivity index (χ1v) is 6.86. The number of likely N-dealkylation sites (N-methyl/N-ethyl adjacent to an activating group) is 1. The smallest absolute Gasteiger partial charge is 0.0370 e. The highest BCUT2D eigenvalue weighted by molar-refractivity contribution is 5.51. The van der Waals surface area contributed by atoms with Crippen LogP contribution in [0.4, 0.5) is 5.69 Å². The summed E-state index contributed by atoms with van der Waals surface area (Å²) in [4.78, 5) is 4.91. The minimum Gasteiger partial charge on any atom is -0.369 e. The average Bonchev–Trinajstić information content (AvgIpc) is 2.35. The Morgan fingerprint density at radius 2 is 2.11 bits per heavy atom. The molecule has 0 aliphatic carbocycles. The number of rotatable bonds is 3. The van der Waals surface area contributed by atoms with Gasteiger partial charge < -0.3 is 15.5 Å². The molecule has 1 aromatic rings.